The van der Waals surface area contributed by atoms with Crippen LogP contribution >= 0.6 is 11.6 Å². The Morgan fingerprint density at radius 1 is 0.909 bits per heavy atom. The molecule has 0 aliphatic carbocycles. The van der Waals surface area contributed by atoms with Crippen LogP contribution in [0.1, 0.15) is 27.6 Å². The van der Waals surface area contributed by atoms with Gasteiger partial charge in [-0.15, -0.1) is 0 Å². The molecule has 44 heavy (non-hydrogen) atoms. The third-order valence-corrected chi connectivity index (χ3v) is 7.16. The Balaban J connectivity index is 1.48. The van der Waals surface area contributed by atoms with Gasteiger partial charge in [0.1, 0.15) is 17.9 Å². The molecule has 1 amide bonds. The van der Waals surface area contributed by atoms with E-state index in [0.29, 0.717) is 27.4 Å². The summed E-state index contributed by atoms with van der Waals surface area (Å²) in [7, 11) is 0. The molecular formula is C32H19ClF4N4O3. The number of halogens is 5. The molecular weight excluding hydrogens is 600 g/mol. The van der Waals surface area contributed by atoms with Crippen molar-refractivity contribution in [1.29, 1.82) is 0 Å². The summed E-state index contributed by atoms with van der Waals surface area (Å²) in [5.74, 6) is -2.15. The number of carbonyl (C=O) groups excluding carboxylic acids is 2. The van der Waals surface area contributed by atoms with Gasteiger partial charge in [-0.3, -0.25) is 9.59 Å². The summed E-state index contributed by atoms with van der Waals surface area (Å²) in [6, 6.07) is 18.6. The van der Waals surface area contributed by atoms with E-state index in [9.17, 15) is 27.2 Å². The summed E-state index contributed by atoms with van der Waals surface area (Å²) >= 11 is 5.97. The average Bonchev–Trinajstić information content (AvgIpc) is 2.99. The Hall–Kier alpha value is -5.16. The van der Waals surface area contributed by atoms with E-state index in [-0.39, 0.29) is 38.8 Å². The minimum atomic E-state index is -4.67. The van der Waals surface area contributed by atoms with Crippen LogP contribution in [0.2, 0.25) is 5.02 Å². The lowest BCUT2D eigenvalue weighted by Crippen LogP contribution is -2.21. The fourth-order valence-electron chi connectivity index (χ4n) is 4.94. The fraction of sp³-hybridized carbons (Fsp3) is 0.0938. The highest BCUT2D eigenvalue weighted by Gasteiger charge is 2.29. The maximum absolute atomic E-state index is 13.8. The van der Waals surface area contributed by atoms with Gasteiger partial charge in [0.2, 0.25) is 0 Å². The highest BCUT2D eigenvalue weighted by atomic mass is 35.5. The molecule has 0 atom stereocenters. The first kappa shape index (κ1) is 28.9. The van der Waals surface area contributed by atoms with Gasteiger partial charge < -0.3 is 10.1 Å². The van der Waals surface area contributed by atoms with Crippen LogP contribution < -0.4 is 10.1 Å². The smallest absolute Gasteiger partial charge is 0.422 e. The molecule has 0 aliphatic heterocycles. The molecule has 0 bridgehead atoms. The zero-order valence-electron chi connectivity index (χ0n) is 22.7. The number of benzene rings is 4. The maximum Gasteiger partial charge on any atom is 0.422 e. The van der Waals surface area contributed by atoms with E-state index in [0.717, 1.165) is 11.5 Å². The minimum absolute atomic E-state index is 0.0150. The van der Waals surface area contributed by atoms with Gasteiger partial charge in [0.15, 0.2) is 12.4 Å². The van der Waals surface area contributed by atoms with Gasteiger partial charge in [0, 0.05) is 33.4 Å². The summed E-state index contributed by atoms with van der Waals surface area (Å²) in [5, 5.41) is 3.95. The van der Waals surface area contributed by atoms with Crippen molar-refractivity contribution < 1.29 is 31.9 Å². The van der Waals surface area contributed by atoms with Crippen molar-refractivity contribution in [2.45, 2.75) is 13.1 Å². The minimum Gasteiger partial charge on any atom is -0.482 e. The van der Waals surface area contributed by atoms with E-state index in [4.69, 9.17) is 16.3 Å². The summed E-state index contributed by atoms with van der Waals surface area (Å²) < 4.78 is 58.4. The molecule has 6 rings (SSSR count). The number of rotatable bonds is 6. The Morgan fingerprint density at radius 2 is 1.70 bits per heavy atom. The molecule has 1 N–H and O–H groups in total. The van der Waals surface area contributed by atoms with Crippen molar-refractivity contribution in [2.24, 2.45) is 0 Å². The predicted octanol–water partition coefficient (Wildman–Crippen LogP) is 8.19. The van der Waals surface area contributed by atoms with Crippen LogP contribution in [0, 0.1) is 5.82 Å². The number of aromatic nitrogens is 3. The van der Waals surface area contributed by atoms with Crippen molar-refractivity contribution in [3.8, 4) is 17.0 Å². The zero-order valence-corrected chi connectivity index (χ0v) is 23.4. The highest BCUT2D eigenvalue weighted by molar-refractivity contribution is 6.31. The number of hydrogen-bond donors (Lipinski definition) is 1. The summed E-state index contributed by atoms with van der Waals surface area (Å²) in [4.78, 5) is 39.6. The van der Waals surface area contributed by atoms with Gasteiger partial charge in [-0.1, -0.05) is 29.8 Å². The fourth-order valence-corrected chi connectivity index (χ4v) is 5.12. The number of Topliss-reactive ketones (excluding diaryl/α,β-unsaturated/α-hetero) is 1. The molecule has 0 fully saturated rings. The Bertz CT molecular complexity index is 2140. The van der Waals surface area contributed by atoms with Crippen LogP contribution in [0.5, 0.6) is 5.75 Å². The second kappa shape index (κ2) is 11.2. The molecule has 12 heteroatoms. The van der Waals surface area contributed by atoms with Crippen LogP contribution in [-0.4, -0.2) is 39.4 Å². The molecule has 2 aromatic heterocycles. The number of amides is 1. The summed E-state index contributed by atoms with van der Waals surface area (Å²) in [6.07, 6.45) is -3.49. The quantitative estimate of drug-likeness (QED) is 0.115. The van der Waals surface area contributed by atoms with Crippen molar-refractivity contribution in [2.75, 3.05) is 11.9 Å². The molecule has 0 aliphatic rings. The number of alkyl halides is 3. The number of fused-ring (bicyclic) bond motifs is 3. The zero-order chi connectivity index (χ0) is 31.2. The van der Waals surface area contributed by atoms with Crippen molar-refractivity contribution in [3.63, 3.8) is 0 Å². The van der Waals surface area contributed by atoms with E-state index < -0.39 is 30.3 Å². The number of pyridine rings is 1. The lowest BCUT2D eigenvalue weighted by Gasteiger charge is -2.17. The SMILES string of the molecule is CC(=O)c1c(C(=O)Nc2cc3c(-c4ccc(F)c(Cl)c4)ncnc3cc2OCC(F)(F)F)ccc2nc3ccccc3cc12. The number of para-hydroxylation sites is 1. The topological polar surface area (TPSA) is 94.1 Å². The normalized spacial score (nSPS) is 11.7. The van der Waals surface area contributed by atoms with Crippen LogP contribution in [-0.2, 0) is 0 Å². The average molecular weight is 619 g/mol. The van der Waals surface area contributed by atoms with Crippen LogP contribution in [0.4, 0.5) is 23.2 Å². The molecule has 0 unspecified atom stereocenters. The van der Waals surface area contributed by atoms with Gasteiger partial charge in [-0.05, 0) is 55.5 Å². The molecule has 220 valence electrons. The lowest BCUT2D eigenvalue weighted by atomic mass is 9.96. The highest BCUT2D eigenvalue weighted by Crippen LogP contribution is 2.36. The number of ketones is 1. The molecule has 4 aromatic carbocycles. The van der Waals surface area contributed by atoms with Gasteiger partial charge in [-0.2, -0.15) is 13.2 Å². The molecule has 0 radical (unpaired) electrons. The number of carbonyl (C=O) groups is 2. The van der Waals surface area contributed by atoms with Gasteiger partial charge in [0.05, 0.1) is 38.5 Å². The predicted molar refractivity (Wildman–Crippen MR) is 159 cm³/mol. The van der Waals surface area contributed by atoms with E-state index >= 15 is 0 Å². The van der Waals surface area contributed by atoms with Crippen molar-refractivity contribution in [1.82, 2.24) is 15.0 Å². The van der Waals surface area contributed by atoms with E-state index in [1.807, 2.05) is 24.3 Å². The number of hydrogen-bond acceptors (Lipinski definition) is 6. The summed E-state index contributed by atoms with van der Waals surface area (Å²) in [5.41, 5.74) is 2.02. The largest absolute Gasteiger partial charge is 0.482 e. The summed E-state index contributed by atoms with van der Waals surface area (Å²) in [6.45, 7) is -0.327. The molecule has 6 aromatic rings. The molecule has 2 heterocycles. The maximum atomic E-state index is 13.8. The Morgan fingerprint density at radius 3 is 2.45 bits per heavy atom. The van der Waals surface area contributed by atoms with Crippen LogP contribution in [0.15, 0.2) is 79.1 Å². The van der Waals surface area contributed by atoms with Crippen LogP contribution in [0.25, 0.3) is 44.0 Å². The van der Waals surface area contributed by atoms with Gasteiger partial charge in [0.25, 0.3) is 5.91 Å². The second-order valence-corrected chi connectivity index (χ2v) is 10.3. The monoisotopic (exact) mass is 618 g/mol. The number of nitrogens with zero attached hydrogens (tertiary/aromatic N) is 3. The van der Waals surface area contributed by atoms with E-state index in [1.54, 1.807) is 12.1 Å². The first-order chi connectivity index (χ1) is 21.0. The van der Waals surface area contributed by atoms with Crippen LogP contribution in [0.3, 0.4) is 0 Å². The molecule has 0 saturated carbocycles. The third kappa shape index (κ3) is 5.61. The second-order valence-electron chi connectivity index (χ2n) is 9.87. The molecule has 7 nitrogen and oxygen atoms in total. The standard InChI is InChI=1S/C32H19ClF4N4O3/c1-16(42)29-19(7-9-25-20(29)10-17-4-2-3-5-24(17)40-25)31(43)41-27-12-21-26(13-28(27)44-14-32(35,36)37)38-15-39-30(21)18-6-8-23(34)22(33)11-18/h2-13,15H,14H2,1H3,(H,41,43). The number of ether oxygens (including phenoxy) is 1. The van der Waals surface area contributed by atoms with Crippen molar-refractivity contribution in [3.05, 3.63) is 101 Å². The lowest BCUT2D eigenvalue weighted by molar-refractivity contribution is -0.153. The number of nitrogens with one attached hydrogen (secondary N) is 1. The van der Waals surface area contributed by atoms with E-state index in [2.05, 4.69) is 20.3 Å². The number of anilines is 1. The molecule has 0 saturated heterocycles. The molecule has 0 spiro atoms. The Labute approximate surface area is 251 Å². The first-order valence-electron chi connectivity index (χ1n) is 13.1. The van der Waals surface area contributed by atoms with Gasteiger partial charge in [-0.25, -0.2) is 19.3 Å². The first-order valence-corrected chi connectivity index (χ1v) is 13.4. The van der Waals surface area contributed by atoms with Gasteiger partial charge >= 0.3 is 6.18 Å². The Kier molecular flexibility index (Phi) is 7.34. The van der Waals surface area contributed by atoms with E-state index in [1.165, 1.54) is 43.6 Å². The third-order valence-electron chi connectivity index (χ3n) is 6.87. The van der Waals surface area contributed by atoms with Crippen molar-refractivity contribution >= 4 is 61.7 Å².